The zero-order valence-electron chi connectivity index (χ0n) is 8.20. The lowest BCUT2D eigenvalue weighted by Crippen LogP contribution is -1.97. The maximum Gasteiger partial charge on any atom is 0.356 e. The molecule has 0 amide bonds. The Labute approximate surface area is 91.0 Å². The van der Waals surface area contributed by atoms with Gasteiger partial charge in [0.25, 0.3) is 0 Å². The van der Waals surface area contributed by atoms with Gasteiger partial charge in [-0.05, 0) is 12.1 Å². The van der Waals surface area contributed by atoms with Crippen LogP contribution in [0.4, 0.5) is 0 Å². The Morgan fingerprint density at radius 2 is 2.12 bits per heavy atom. The van der Waals surface area contributed by atoms with E-state index in [2.05, 4.69) is 4.98 Å². The van der Waals surface area contributed by atoms with Gasteiger partial charge in [-0.15, -0.1) is 0 Å². The SMILES string of the molecule is O=Cc1ccccc1-n1cnc(C(=O)O)c1. The Kier molecular flexibility index (Phi) is 2.51. The Morgan fingerprint density at radius 3 is 2.75 bits per heavy atom. The molecule has 0 spiro atoms. The summed E-state index contributed by atoms with van der Waals surface area (Å²) >= 11 is 0. The lowest BCUT2D eigenvalue weighted by molar-refractivity contribution is 0.0691. The fourth-order valence-electron chi connectivity index (χ4n) is 1.39. The smallest absolute Gasteiger partial charge is 0.356 e. The van der Waals surface area contributed by atoms with Crippen LogP contribution in [0.25, 0.3) is 5.69 Å². The molecule has 0 saturated carbocycles. The number of aromatic carboxylic acids is 1. The molecule has 0 saturated heterocycles. The maximum absolute atomic E-state index is 10.8. The van der Waals surface area contributed by atoms with E-state index in [-0.39, 0.29) is 5.69 Å². The van der Waals surface area contributed by atoms with E-state index in [1.54, 1.807) is 24.3 Å². The van der Waals surface area contributed by atoms with Gasteiger partial charge in [-0.25, -0.2) is 9.78 Å². The van der Waals surface area contributed by atoms with E-state index in [1.807, 2.05) is 0 Å². The van der Waals surface area contributed by atoms with Crippen LogP contribution >= 0.6 is 0 Å². The van der Waals surface area contributed by atoms with Crippen molar-refractivity contribution in [3.8, 4) is 5.69 Å². The van der Waals surface area contributed by atoms with Gasteiger partial charge in [0.05, 0.1) is 5.69 Å². The van der Waals surface area contributed by atoms with Crippen molar-refractivity contribution in [1.29, 1.82) is 0 Å². The third kappa shape index (κ3) is 1.70. The molecule has 2 rings (SSSR count). The predicted octanol–water partition coefficient (Wildman–Crippen LogP) is 1.38. The quantitative estimate of drug-likeness (QED) is 0.787. The Balaban J connectivity index is 2.50. The number of carbonyl (C=O) groups excluding carboxylic acids is 1. The normalized spacial score (nSPS) is 10.0. The molecule has 5 nitrogen and oxygen atoms in total. The van der Waals surface area contributed by atoms with Crippen LogP contribution in [-0.4, -0.2) is 26.9 Å². The minimum absolute atomic E-state index is 0.0549. The highest BCUT2D eigenvalue weighted by atomic mass is 16.4. The van der Waals surface area contributed by atoms with E-state index in [1.165, 1.54) is 17.1 Å². The minimum Gasteiger partial charge on any atom is -0.476 e. The molecule has 1 aromatic carbocycles. The van der Waals surface area contributed by atoms with Crippen LogP contribution < -0.4 is 0 Å². The molecule has 5 heteroatoms. The number of aldehydes is 1. The summed E-state index contributed by atoms with van der Waals surface area (Å²) in [4.78, 5) is 25.2. The minimum atomic E-state index is -1.10. The molecule has 1 aromatic heterocycles. The van der Waals surface area contributed by atoms with Crippen molar-refractivity contribution in [2.75, 3.05) is 0 Å². The van der Waals surface area contributed by atoms with E-state index < -0.39 is 5.97 Å². The zero-order valence-corrected chi connectivity index (χ0v) is 8.20. The number of hydrogen-bond acceptors (Lipinski definition) is 3. The lowest BCUT2D eigenvalue weighted by Gasteiger charge is -2.03. The summed E-state index contributed by atoms with van der Waals surface area (Å²) in [6, 6.07) is 6.88. The number of imidazole rings is 1. The topological polar surface area (TPSA) is 72.2 Å². The molecule has 80 valence electrons. The number of carboxylic acid groups (broad SMARTS) is 1. The highest BCUT2D eigenvalue weighted by molar-refractivity contribution is 5.85. The Hall–Kier alpha value is -2.43. The second-order valence-electron chi connectivity index (χ2n) is 3.15. The van der Waals surface area contributed by atoms with Gasteiger partial charge in [0, 0.05) is 11.8 Å². The van der Waals surface area contributed by atoms with E-state index >= 15 is 0 Å². The molecule has 0 aliphatic rings. The number of carboxylic acids is 1. The van der Waals surface area contributed by atoms with Crippen molar-refractivity contribution in [3.63, 3.8) is 0 Å². The molecule has 0 bridgehead atoms. The third-order valence-electron chi connectivity index (χ3n) is 2.14. The van der Waals surface area contributed by atoms with Crippen molar-refractivity contribution in [2.45, 2.75) is 0 Å². The molecule has 0 aliphatic carbocycles. The molecule has 1 N–H and O–H groups in total. The summed E-state index contributed by atoms with van der Waals surface area (Å²) in [5, 5.41) is 8.73. The van der Waals surface area contributed by atoms with Crippen molar-refractivity contribution in [1.82, 2.24) is 9.55 Å². The van der Waals surface area contributed by atoms with E-state index in [0.29, 0.717) is 11.3 Å². The first-order valence-corrected chi connectivity index (χ1v) is 4.54. The molecular weight excluding hydrogens is 208 g/mol. The second kappa shape index (κ2) is 3.98. The number of nitrogens with zero attached hydrogens (tertiary/aromatic N) is 2. The summed E-state index contributed by atoms with van der Waals surface area (Å²) in [5.74, 6) is -1.10. The first-order valence-electron chi connectivity index (χ1n) is 4.54. The number of para-hydroxylation sites is 1. The average Bonchev–Trinajstić information content (AvgIpc) is 2.78. The van der Waals surface area contributed by atoms with Gasteiger partial charge in [-0.1, -0.05) is 12.1 Å². The van der Waals surface area contributed by atoms with Crippen molar-refractivity contribution < 1.29 is 14.7 Å². The first kappa shape index (κ1) is 10.1. The molecule has 2 aromatic rings. The Bertz CT molecular complexity index is 546. The highest BCUT2D eigenvalue weighted by Crippen LogP contribution is 2.12. The summed E-state index contributed by atoms with van der Waals surface area (Å²) < 4.78 is 1.51. The van der Waals surface area contributed by atoms with Crippen molar-refractivity contribution >= 4 is 12.3 Å². The number of carbonyl (C=O) groups is 2. The second-order valence-corrected chi connectivity index (χ2v) is 3.15. The summed E-state index contributed by atoms with van der Waals surface area (Å²) in [6.45, 7) is 0. The van der Waals surface area contributed by atoms with Gasteiger partial charge in [0.1, 0.15) is 6.33 Å². The standard InChI is InChI=1S/C11H8N2O3/c14-6-8-3-1-2-4-10(8)13-5-9(11(15)16)12-7-13/h1-7H,(H,15,16). The van der Waals surface area contributed by atoms with Crippen LogP contribution in [0, 0.1) is 0 Å². The molecule has 0 aliphatic heterocycles. The van der Waals surface area contributed by atoms with Gasteiger partial charge < -0.3 is 9.67 Å². The summed E-state index contributed by atoms with van der Waals surface area (Å²) in [6.07, 6.45) is 3.45. The van der Waals surface area contributed by atoms with Crippen LogP contribution in [0.5, 0.6) is 0 Å². The lowest BCUT2D eigenvalue weighted by atomic mass is 10.2. The van der Waals surface area contributed by atoms with Crippen LogP contribution in [0.1, 0.15) is 20.8 Å². The Morgan fingerprint density at radius 1 is 1.38 bits per heavy atom. The van der Waals surface area contributed by atoms with Gasteiger partial charge in [-0.2, -0.15) is 0 Å². The van der Waals surface area contributed by atoms with Crippen molar-refractivity contribution in [3.05, 3.63) is 48.0 Å². The number of hydrogen-bond donors (Lipinski definition) is 1. The molecule has 0 atom stereocenters. The van der Waals surface area contributed by atoms with Crippen LogP contribution in [0.2, 0.25) is 0 Å². The molecule has 0 fully saturated rings. The fraction of sp³-hybridized carbons (Fsp3) is 0. The summed E-state index contributed by atoms with van der Waals surface area (Å²) in [5.41, 5.74) is 1.04. The average molecular weight is 216 g/mol. The number of rotatable bonds is 3. The summed E-state index contributed by atoms with van der Waals surface area (Å²) in [7, 11) is 0. The number of aromatic nitrogens is 2. The van der Waals surface area contributed by atoms with Crippen LogP contribution in [0.3, 0.4) is 0 Å². The maximum atomic E-state index is 10.8. The molecule has 16 heavy (non-hydrogen) atoms. The largest absolute Gasteiger partial charge is 0.476 e. The van der Waals surface area contributed by atoms with E-state index in [4.69, 9.17) is 5.11 Å². The highest BCUT2D eigenvalue weighted by Gasteiger charge is 2.09. The van der Waals surface area contributed by atoms with Crippen LogP contribution in [-0.2, 0) is 0 Å². The van der Waals surface area contributed by atoms with Gasteiger partial charge in [0.15, 0.2) is 12.0 Å². The molecule has 0 radical (unpaired) electrons. The fourth-order valence-corrected chi connectivity index (χ4v) is 1.39. The first-order chi connectivity index (χ1) is 7.72. The van der Waals surface area contributed by atoms with Crippen LogP contribution in [0.15, 0.2) is 36.8 Å². The molecule has 0 unspecified atom stereocenters. The van der Waals surface area contributed by atoms with Crippen molar-refractivity contribution in [2.24, 2.45) is 0 Å². The van der Waals surface area contributed by atoms with Gasteiger partial charge in [0.2, 0.25) is 0 Å². The predicted molar refractivity (Wildman–Crippen MR) is 55.9 cm³/mol. The monoisotopic (exact) mass is 216 g/mol. The van der Waals surface area contributed by atoms with Gasteiger partial charge >= 0.3 is 5.97 Å². The molecule has 1 heterocycles. The third-order valence-corrected chi connectivity index (χ3v) is 2.14. The zero-order chi connectivity index (χ0) is 11.5. The van der Waals surface area contributed by atoms with Gasteiger partial charge in [-0.3, -0.25) is 4.79 Å². The van der Waals surface area contributed by atoms with E-state index in [9.17, 15) is 9.59 Å². The number of benzene rings is 1. The molecular formula is C11H8N2O3. The van der Waals surface area contributed by atoms with E-state index in [0.717, 1.165) is 6.29 Å².